The summed E-state index contributed by atoms with van der Waals surface area (Å²) in [6.45, 7) is 0.823. The molecule has 0 radical (unpaired) electrons. The van der Waals surface area contributed by atoms with E-state index in [0.717, 1.165) is 61.8 Å². The Labute approximate surface area is 180 Å². The van der Waals surface area contributed by atoms with Crippen molar-refractivity contribution in [2.45, 2.75) is 13.0 Å². The van der Waals surface area contributed by atoms with Gasteiger partial charge in [-0.2, -0.15) is 0 Å². The molecule has 6 heteroatoms. The zero-order valence-corrected chi connectivity index (χ0v) is 17.9. The highest BCUT2D eigenvalue weighted by Gasteiger charge is 2.35. The Morgan fingerprint density at radius 2 is 1.63 bits per heavy atom. The fourth-order valence-electron chi connectivity index (χ4n) is 5.06. The van der Waals surface area contributed by atoms with Crippen LogP contribution in [0.1, 0.15) is 27.1 Å². The number of halogens is 1. The van der Waals surface area contributed by atoms with Crippen molar-refractivity contribution < 1.29 is 9.59 Å². The van der Waals surface area contributed by atoms with E-state index in [-0.39, 0.29) is 11.8 Å². The summed E-state index contributed by atoms with van der Waals surface area (Å²) in [6.07, 6.45) is 2.96. The van der Waals surface area contributed by atoms with E-state index in [1.165, 1.54) is 0 Å². The van der Waals surface area contributed by atoms with Crippen LogP contribution in [0, 0.1) is 0 Å². The Morgan fingerprint density at radius 3 is 2.40 bits per heavy atom. The third-order valence-corrected chi connectivity index (χ3v) is 6.77. The minimum absolute atomic E-state index is 0.309. The highest BCUT2D eigenvalue weighted by atomic mass is 79.9. The molecule has 0 bridgehead atoms. The molecule has 0 unspecified atom stereocenters. The average Bonchev–Trinajstić information content (AvgIpc) is 3.38. The maximum Gasteiger partial charge on any atom is 0.259 e. The zero-order chi connectivity index (χ0) is 20.6. The van der Waals surface area contributed by atoms with Gasteiger partial charge in [0.2, 0.25) is 0 Å². The zero-order valence-electron chi connectivity index (χ0n) is 16.3. The minimum atomic E-state index is -0.312. The number of imide groups is 1. The van der Waals surface area contributed by atoms with Gasteiger partial charge in [0.1, 0.15) is 0 Å². The molecule has 2 aromatic heterocycles. The number of para-hydroxylation sites is 1. The minimum Gasteiger partial charge on any atom is -0.350 e. The first kappa shape index (κ1) is 17.7. The Hall–Kier alpha value is -3.12. The maximum absolute atomic E-state index is 13.0. The number of alkyl halides is 1. The monoisotopic (exact) mass is 459 g/mol. The number of hydrogen-bond acceptors (Lipinski definition) is 2. The van der Waals surface area contributed by atoms with Gasteiger partial charge < -0.3 is 9.13 Å². The van der Waals surface area contributed by atoms with Gasteiger partial charge in [-0.3, -0.25) is 14.9 Å². The highest BCUT2D eigenvalue weighted by molar-refractivity contribution is 9.09. The smallest absolute Gasteiger partial charge is 0.259 e. The van der Waals surface area contributed by atoms with Gasteiger partial charge in [0.05, 0.1) is 22.2 Å². The lowest BCUT2D eigenvalue weighted by molar-refractivity contribution is 0.0880. The van der Waals surface area contributed by atoms with Crippen LogP contribution in [-0.4, -0.2) is 26.3 Å². The second-order valence-corrected chi connectivity index (χ2v) is 8.61. The Morgan fingerprint density at radius 1 is 0.900 bits per heavy atom. The van der Waals surface area contributed by atoms with Crippen LogP contribution in [-0.2, 0) is 13.6 Å². The first-order chi connectivity index (χ1) is 14.6. The van der Waals surface area contributed by atoms with E-state index >= 15 is 0 Å². The van der Waals surface area contributed by atoms with E-state index in [2.05, 4.69) is 44.0 Å². The molecule has 0 atom stereocenters. The molecule has 3 heterocycles. The number of rotatable bonds is 3. The second kappa shape index (κ2) is 6.19. The van der Waals surface area contributed by atoms with Gasteiger partial charge in [-0.1, -0.05) is 46.3 Å². The molecule has 0 saturated heterocycles. The largest absolute Gasteiger partial charge is 0.350 e. The molecule has 1 aliphatic rings. The summed E-state index contributed by atoms with van der Waals surface area (Å²) < 4.78 is 4.34. The van der Waals surface area contributed by atoms with Crippen LogP contribution in [0.3, 0.4) is 0 Å². The SMILES string of the molecule is Cn1ccc2ccc3c(c4c(c5c6ccccc6n(CCCBr)c35)C(=O)NC4=O)c21. The first-order valence-electron chi connectivity index (χ1n) is 9.98. The quantitative estimate of drug-likeness (QED) is 0.301. The molecule has 0 saturated carbocycles. The molecule has 1 N–H and O–H groups in total. The summed E-state index contributed by atoms with van der Waals surface area (Å²) in [4.78, 5) is 26.0. The molecule has 6 rings (SSSR count). The molecule has 0 aliphatic carbocycles. The van der Waals surface area contributed by atoms with Gasteiger partial charge in [0, 0.05) is 57.6 Å². The Bertz CT molecular complexity index is 1560. The van der Waals surface area contributed by atoms with Crippen molar-refractivity contribution in [3.63, 3.8) is 0 Å². The molecule has 2 amide bonds. The third kappa shape index (κ3) is 2.12. The number of nitrogens with one attached hydrogen (secondary N) is 1. The highest BCUT2D eigenvalue weighted by Crippen LogP contribution is 2.43. The summed E-state index contributed by atoms with van der Waals surface area (Å²) in [6, 6.07) is 14.4. The number of carbonyl (C=O) groups excluding carboxylic acids is 2. The standard InChI is InChI=1S/C24H18BrN3O2/c1-27-12-9-13-7-8-15-18(21(13)27)20-19(23(29)26-24(20)30)17-14-5-2-3-6-16(14)28(22(15)17)11-4-10-25/h2-3,5-9,12H,4,10-11H2,1H3,(H,26,29,30). The summed E-state index contributed by atoms with van der Waals surface area (Å²) in [5, 5.41) is 8.26. The van der Waals surface area contributed by atoms with Gasteiger partial charge in [0.25, 0.3) is 11.8 Å². The van der Waals surface area contributed by atoms with Gasteiger partial charge >= 0.3 is 0 Å². The average molecular weight is 460 g/mol. The lowest BCUT2D eigenvalue weighted by Gasteiger charge is -2.13. The molecule has 30 heavy (non-hydrogen) atoms. The second-order valence-electron chi connectivity index (χ2n) is 7.82. The first-order valence-corrected chi connectivity index (χ1v) is 11.1. The van der Waals surface area contributed by atoms with Crippen molar-refractivity contribution in [1.82, 2.24) is 14.5 Å². The fraction of sp³-hybridized carbons (Fsp3) is 0.167. The summed E-state index contributed by atoms with van der Waals surface area (Å²) in [5.41, 5.74) is 4.09. The predicted molar refractivity (Wildman–Crippen MR) is 124 cm³/mol. The van der Waals surface area contributed by atoms with Crippen LogP contribution in [0.4, 0.5) is 0 Å². The number of fused-ring (bicyclic) bond motifs is 10. The number of benzene rings is 3. The van der Waals surface area contributed by atoms with E-state index < -0.39 is 0 Å². The van der Waals surface area contributed by atoms with E-state index in [1.807, 2.05) is 42.1 Å². The van der Waals surface area contributed by atoms with Crippen molar-refractivity contribution >= 4 is 71.2 Å². The summed E-state index contributed by atoms with van der Waals surface area (Å²) >= 11 is 3.55. The number of carbonyl (C=O) groups is 2. The van der Waals surface area contributed by atoms with Crippen molar-refractivity contribution in [1.29, 1.82) is 0 Å². The molecule has 148 valence electrons. The Kier molecular flexibility index (Phi) is 3.65. The number of aryl methyl sites for hydroxylation is 2. The lowest BCUT2D eigenvalue weighted by atomic mass is 9.93. The van der Waals surface area contributed by atoms with Crippen LogP contribution in [0.5, 0.6) is 0 Å². The van der Waals surface area contributed by atoms with E-state index in [4.69, 9.17) is 0 Å². The van der Waals surface area contributed by atoms with Crippen molar-refractivity contribution in [2.24, 2.45) is 7.05 Å². The lowest BCUT2D eigenvalue weighted by Crippen LogP contribution is -2.20. The number of hydrogen-bond donors (Lipinski definition) is 1. The predicted octanol–water partition coefficient (Wildman–Crippen LogP) is 5.11. The topological polar surface area (TPSA) is 56.0 Å². The molecule has 5 aromatic rings. The molecule has 5 nitrogen and oxygen atoms in total. The molecule has 1 aliphatic heterocycles. The summed E-state index contributed by atoms with van der Waals surface area (Å²) in [7, 11) is 1.98. The van der Waals surface area contributed by atoms with Crippen molar-refractivity contribution in [3.8, 4) is 0 Å². The molecule has 0 spiro atoms. The molecular weight excluding hydrogens is 442 g/mol. The van der Waals surface area contributed by atoms with Crippen LogP contribution < -0.4 is 5.32 Å². The normalized spacial score (nSPS) is 13.8. The number of nitrogens with zero attached hydrogens (tertiary/aromatic N) is 2. The van der Waals surface area contributed by atoms with Gasteiger partial charge in [-0.05, 0) is 18.6 Å². The van der Waals surface area contributed by atoms with Crippen molar-refractivity contribution in [2.75, 3.05) is 5.33 Å². The van der Waals surface area contributed by atoms with Gasteiger partial charge in [-0.15, -0.1) is 0 Å². The van der Waals surface area contributed by atoms with Gasteiger partial charge in [-0.25, -0.2) is 0 Å². The van der Waals surface area contributed by atoms with E-state index in [9.17, 15) is 9.59 Å². The van der Waals surface area contributed by atoms with Crippen LogP contribution in [0.2, 0.25) is 0 Å². The van der Waals surface area contributed by atoms with Crippen LogP contribution >= 0.6 is 15.9 Å². The maximum atomic E-state index is 13.0. The number of amides is 2. The van der Waals surface area contributed by atoms with Crippen molar-refractivity contribution in [3.05, 3.63) is 59.8 Å². The summed E-state index contributed by atoms with van der Waals surface area (Å²) in [5.74, 6) is -0.621. The van der Waals surface area contributed by atoms with Crippen LogP contribution in [0.25, 0.3) is 43.5 Å². The van der Waals surface area contributed by atoms with E-state index in [1.54, 1.807) is 0 Å². The number of aromatic nitrogens is 2. The van der Waals surface area contributed by atoms with E-state index in [0.29, 0.717) is 11.1 Å². The van der Waals surface area contributed by atoms with Crippen LogP contribution in [0.15, 0.2) is 48.7 Å². The molecule has 0 fully saturated rings. The fourth-order valence-corrected chi connectivity index (χ4v) is 5.31. The molecule has 3 aromatic carbocycles. The molecular formula is C24H18BrN3O2. The Balaban J connectivity index is 1.97. The third-order valence-electron chi connectivity index (χ3n) is 6.21. The van der Waals surface area contributed by atoms with Gasteiger partial charge in [0.15, 0.2) is 0 Å².